The first kappa shape index (κ1) is 13.8. The number of thioether (sulfide) groups is 1. The first-order chi connectivity index (χ1) is 9.33. The lowest BCUT2D eigenvalue weighted by atomic mass is 10.0. The van der Waals surface area contributed by atoms with Gasteiger partial charge < -0.3 is 10.1 Å². The Morgan fingerprint density at radius 1 is 1.32 bits per heavy atom. The van der Waals surface area contributed by atoms with Crippen LogP contribution in [-0.4, -0.2) is 24.2 Å². The van der Waals surface area contributed by atoms with E-state index in [1.54, 1.807) is 0 Å². The van der Waals surface area contributed by atoms with Gasteiger partial charge in [0.25, 0.3) is 0 Å². The Morgan fingerprint density at radius 3 is 3.11 bits per heavy atom. The van der Waals surface area contributed by atoms with E-state index in [0.717, 1.165) is 35.0 Å². The summed E-state index contributed by atoms with van der Waals surface area (Å²) >= 11 is 5.69. The lowest BCUT2D eigenvalue weighted by Gasteiger charge is -2.29. The largest absolute Gasteiger partial charge is 0.493 e. The molecule has 2 aliphatic heterocycles. The minimum atomic E-state index is 0.448. The standard InChI is InChI=1S/C15H20BrNOS/c16-11-4-5-15-13(9-11)14(6-7-18-15)17-10-12-3-1-2-8-19-12/h4-5,9,12,14,17H,1-3,6-8,10H2. The van der Waals surface area contributed by atoms with Gasteiger partial charge in [0.05, 0.1) is 6.61 Å². The zero-order valence-corrected chi connectivity index (χ0v) is 13.4. The summed E-state index contributed by atoms with van der Waals surface area (Å²) in [4.78, 5) is 0. The van der Waals surface area contributed by atoms with Crippen LogP contribution in [0.25, 0.3) is 0 Å². The van der Waals surface area contributed by atoms with Crippen LogP contribution in [0, 0.1) is 0 Å². The quantitative estimate of drug-likeness (QED) is 0.892. The summed E-state index contributed by atoms with van der Waals surface area (Å²) < 4.78 is 6.87. The van der Waals surface area contributed by atoms with Crippen molar-refractivity contribution in [1.82, 2.24) is 5.32 Å². The van der Waals surface area contributed by atoms with E-state index in [9.17, 15) is 0 Å². The number of halogens is 1. The van der Waals surface area contributed by atoms with Gasteiger partial charge in [-0.1, -0.05) is 22.4 Å². The molecule has 2 nitrogen and oxygen atoms in total. The number of rotatable bonds is 3. The minimum absolute atomic E-state index is 0.448. The molecule has 1 saturated heterocycles. The molecule has 2 unspecified atom stereocenters. The van der Waals surface area contributed by atoms with E-state index in [2.05, 4.69) is 51.2 Å². The topological polar surface area (TPSA) is 21.3 Å². The van der Waals surface area contributed by atoms with Crippen LogP contribution in [0.1, 0.15) is 37.3 Å². The van der Waals surface area contributed by atoms with E-state index >= 15 is 0 Å². The molecule has 0 bridgehead atoms. The van der Waals surface area contributed by atoms with Crippen molar-refractivity contribution in [1.29, 1.82) is 0 Å². The summed E-state index contributed by atoms with van der Waals surface area (Å²) in [5.74, 6) is 2.38. The van der Waals surface area contributed by atoms with E-state index in [0.29, 0.717) is 6.04 Å². The Labute approximate surface area is 127 Å². The molecular weight excluding hydrogens is 322 g/mol. The maximum atomic E-state index is 5.73. The van der Waals surface area contributed by atoms with Crippen LogP contribution in [0.15, 0.2) is 22.7 Å². The van der Waals surface area contributed by atoms with Crippen molar-refractivity contribution in [2.45, 2.75) is 37.0 Å². The van der Waals surface area contributed by atoms with Crippen molar-refractivity contribution in [2.24, 2.45) is 0 Å². The molecular formula is C15H20BrNOS. The summed E-state index contributed by atoms with van der Waals surface area (Å²) in [5.41, 5.74) is 1.31. The smallest absolute Gasteiger partial charge is 0.124 e. The van der Waals surface area contributed by atoms with Crippen LogP contribution >= 0.6 is 27.7 Å². The van der Waals surface area contributed by atoms with Crippen LogP contribution in [0.4, 0.5) is 0 Å². The molecule has 0 amide bonds. The molecule has 104 valence electrons. The summed E-state index contributed by atoms with van der Waals surface area (Å²) in [7, 11) is 0. The molecule has 0 saturated carbocycles. The Bertz CT molecular complexity index is 434. The first-order valence-electron chi connectivity index (χ1n) is 7.10. The second kappa shape index (κ2) is 6.51. The highest BCUT2D eigenvalue weighted by atomic mass is 79.9. The molecule has 2 aliphatic rings. The van der Waals surface area contributed by atoms with Gasteiger partial charge in [-0.3, -0.25) is 0 Å². The molecule has 0 spiro atoms. The van der Waals surface area contributed by atoms with E-state index < -0.39 is 0 Å². The summed E-state index contributed by atoms with van der Waals surface area (Å²) in [5, 5.41) is 4.55. The molecule has 0 aliphatic carbocycles. The van der Waals surface area contributed by atoms with E-state index in [1.807, 2.05) is 0 Å². The predicted molar refractivity (Wildman–Crippen MR) is 85.1 cm³/mol. The fourth-order valence-corrected chi connectivity index (χ4v) is 4.45. The lowest BCUT2D eigenvalue weighted by molar-refractivity contribution is 0.252. The van der Waals surface area contributed by atoms with Gasteiger partial charge in [0.2, 0.25) is 0 Å². The van der Waals surface area contributed by atoms with Crippen LogP contribution < -0.4 is 10.1 Å². The van der Waals surface area contributed by atoms with Crippen LogP contribution in [0.3, 0.4) is 0 Å². The molecule has 19 heavy (non-hydrogen) atoms. The van der Waals surface area contributed by atoms with Gasteiger partial charge in [-0.25, -0.2) is 0 Å². The monoisotopic (exact) mass is 341 g/mol. The molecule has 2 atom stereocenters. The van der Waals surface area contributed by atoms with Gasteiger partial charge in [0.15, 0.2) is 0 Å². The van der Waals surface area contributed by atoms with Gasteiger partial charge in [-0.2, -0.15) is 11.8 Å². The molecule has 0 aromatic heterocycles. The fraction of sp³-hybridized carbons (Fsp3) is 0.600. The van der Waals surface area contributed by atoms with Gasteiger partial charge in [0, 0.05) is 34.3 Å². The third kappa shape index (κ3) is 3.47. The Hall–Kier alpha value is -0.190. The molecule has 0 radical (unpaired) electrons. The average Bonchev–Trinajstić information content (AvgIpc) is 2.46. The SMILES string of the molecule is Brc1ccc2c(c1)C(NCC1CCCCS1)CCO2. The second-order valence-electron chi connectivity index (χ2n) is 5.27. The van der Waals surface area contributed by atoms with Crippen molar-refractivity contribution >= 4 is 27.7 Å². The van der Waals surface area contributed by atoms with Gasteiger partial charge in [-0.15, -0.1) is 0 Å². The fourth-order valence-electron chi connectivity index (χ4n) is 2.82. The molecule has 4 heteroatoms. The third-order valence-corrected chi connectivity index (χ3v) is 5.77. The number of hydrogen-bond donors (Lipinski definition) is 1. The summed E-state index contributed by atoms with van der Waals surface area (Å²) in [6.07, 6.45) is 5.23. The summed E-state index contributed by atoms with van der Waals surface area (Å²) in [6, 6.07) is 6.77. The maximum Gasteiger partial charge on any atom is 0.124 e. The van der Waals surface area contributed by atoms with E-state index in [1.165, 1.54) is 30.6 Å². The van der Waals surface area contributed by atoms with Gasteiger partial charge >= 0.3 is 0 Å². The predicted octanol–water partition coefficient (Wildman–Crippen LogP) is 4.15. The first-order valence-corrected chi connectivity index (χ1v) is 8.94. The van der Waals surface area contributed by atoms with Gasteiger partial charge in [0.1, 0.15) is 5.75 Å². The molecule has 3 rings (SSSR count). The van der Waals surface area contributed by atoms with Crippen molar-refractivity contribution in [2.75, 3.05) is 18.9 Å². The van der Waals surface area contributed by atoms with Crippen molar-refractivity contribution in [3.8, 4) is 5.75 Å². The number of nitrogens with one attached hydrogen (secondary N) is 1. The number of ether oxygens (including phenoxy) is 1. The molecule has 1 aromatic carbocycles. The zero-order chi connectivity index (χ0) is 13.1. The number of fused-ring (bicyclic) bond motifs is 1. The Morgan fingerprint density at radius 2 is 2.26 bits per heavy atom. The molecule has 2 heterocycles. The van der Waals surface area contributed by atoms with Crippen molar-refractivity contribution in [3.63, 3.8) is 0 Å². The highest BCUT2D eigenvalue weighted by molar-refractivity contribution is 9.10. The van der Waals surface area contributed by atoms with Crippen LogP contribution in [0.2, 0.25) is 0 Å². The normalized spacial score (nSPS) is 26.6. The zero-order valence-electron chi connectivity index (χ0n) is 11.0. The van der Waals surface area contributed by atoms with Gasteiger partial charge in [-0.05, 0) is 36.8 Å². The maximum absolute atomic E-state index is 5.73. The van der Waals surface area contributed by atoms with Crippen molar-refractivity contribution in [3.05, 3.63) is 28.2 Å². The van der Waals surface area contributed by atoms with Crippen LogP contribution in [-0.2, 0) is 0 Å². The van der Waals surface area contributed by atoms with Crippen molar-refractivity contribution < 1.29 is 4.74 Å². The van der Waals surface area contributed by atoms with E-state index in [4.69, 9.17) is 4.74 Å². The third-order valence-electron chi connectivity index (χ3n) is 3.88. The highest BCUT2D eigenvalue weighted by Gasteiger charge is 2.23. The average molecular weight is 342 g/mol. The van der Waals surface area contributed by atoms with E-state index in [-0.39, 0.29) is 0 Å². The lowest BCUT2D eigenvalue weighted by Crippen LogP contribution is -2.33. The number of benzene rings is 1. The molecule has 1 aromatic rings. The minimum Gasteiger partial charge on any atom is -0.493 e. The summed E-state index contributed by atoms with van der Waals surface area (Å²) in [6.45, 7) is 1.95. The molecule has 1 N–H and O–H groups in total. The second-order valence-corrected chi connectivity index (χ2v) is 7.59. The molecule has 1 fully saturated rings. The highest BCUT2D eigenvalue weighted by Crippen LogP contribution is 2.34. The Kier molecular flexibility index (Phi) is 4.72. The Balaban J connectivity index is 1.64. The number of hydrogen-bond acceptors (Lipinski definition) is 3. The van der Waals surface area contributed by atoms with Crippen LogP contribution in [0.5, 0.6) is 5.75 Å².